The first-order valence-corrected chi connectivity index (χ1v) is 10.4. The number of hydrogen-bond donors (Lipinski definition) is 1. The van der Waals surface area contributed by atoms with Gasteiger partial charge in [0.25, 0.3) is 0 Å². The van der Waals surface area contributed by atoms with E-state index in [-0.39, 0.29) is 12.3 Å². The van der Waals surface area contributed by atoms with Gasteiger partial charge in [0.15, 0.2) is 17.7 Å². The predicted molar refractivity (Wildman–Crippen MR) is 114 cm³/mol. The molecule has 29 heavy (non-hydrogen) atoms. The molecule has 2 unspecified atom stereocenters. The number of hydrazine groups is 1. The molecular formula is C22H19ClN2O3S. The van der Waals surface area contributed by atoms with Gasteiger partial charge >= 0.3 is 0 Å². The molecule has 0 bridgehead atoms. The lowest BCUT2D eigenvalue weighted by atomic mass is 10.0. The van der Waals surface area contributed by atoms with Crippen LogP contribution in [-0.4, -0.2) is 19.2 Å². The van der Waals surface area contributed by atoms with Crippen LogP contribution in [0.3, 0.4) is 0 Å². The number of rotatable bonds is 4. The maximum atomic E-state index is 6.47. The van der Waals surface area contributed by atoms with E-state index in [2.05, 4.69) is 40.1 Å². The topological polar surface area (TPSA) is 43.0 Å². The highest BCUT2D eigenvalue weighted by molar-refractivity contribution is 7.11. The summed E-state index contributed by atoms with van der Waals surface area (Å²) in [6, 6.07) is 16.1. The number of benzene rings is 2. The van der Waals surface area contributed by atoms with Gasteiger partial charge in [0, 0.05) is 11.1 Å². The van der Waals surface area contributed by atoms with Crippen LogP contribution in [0.4, 0.5) is 0 Å². The minimum Gasteiger partial charge on any atom is -0.493 e. The number of para-hydroxylation sites is 1. The molecule has 0 saturated carbocycles. The van der Waals surface area contributed by atoms with Crippen LogP contribution in [0.1, 0.15) is 28.3 Å². The molecule has 3 heterocycles. The van der Waals surface area contributed by atoms with Crippen molar-refractivity contribution in [3.05, 3.63) is 81.0 Å². The van der Waals surface area contributed by atoms with Crippen molar-refractivity contribution in [2.24, 2.45) is 0 Å². The molecule has 0 amide bonds. The van der Waals surface area contributed by atoms with Crippen molar-refractivity contribution in [1.29, 1.82) is 0 Å². The Morgan fingerprint density at radius 1 is 1.10 bits per heavy atom. The lowest BCUT2D eigenvalue weighted by Gasteiger charge is -2.39. The molecule has 3 aromatic rings. The number of nitrogens with one attached hydrogen (secondary N) is 1. The quantitative estimate of drug-likeness (QED) is 0.604. The maximum absolute atomic E-state index is 6.47. The Hall–Kier alpha value is -2.67. The molecule has 148 valence electrons. The van der Waals surface area contributed by atoms with E-state index in [0.29, 0.717) is 16.5 Å². The zero-order chi connectivity index (χ0) is 20.0. The molecule has 2 aromatic carbocycles. The Bertz CT molecular complexity index is 1080. The van der Waals surface area contributed by atoms with Gasteiger partial charge in [-0.15, -0.1) is 11.3 Å². The first-order valence-electron chi connectivity index (χ1n) is 9.17. The molecule has 0 saturated heterocycles. The van der Waals surface area contributed by atoms with Gasteiger partial charge in [0.1, 0.15) is 5.75 Å². The fourth-order valence-corrected chi connectivity index (χ4v) is 4.81. The summed E-state index contributed by atoms with van der Waals surface area (Å²) < 4.78 is 17.3. The molecule has 0 radical (unpaired) electrons. The summed E-state index contributed by atoms with van der Waals surface area (Å²) in [5.74, 6) is 1.94. The van der Waals surface area contributed by atoms with Gasteiger partial charge in [-0.3, -0.25) is 0 Å². The van der Waals surface area contributed by atoms with E-state index >= 15 is 0 Å². The van der Waals surface area contributed by atoms with Crippen molar-refractivity contribution in [3.8, 4) is 17.2 Å². The average molecular weight is 427 g/mol. The molecule has 1 aromatic heterocycles. The van der Waals surface area contributed by atoms with Crippen LogP contribution in [0.15, 0.2) is 60.0 Å². The first-order chi connectivity index (χ1) is 14.2. The highest BCUT2D eigenvalue weighted by atomic mass is 35.5. The van der Waals surface area contributed by atoms with Gasteiger partial charge in [-0.05, 0) is 35.7 Å². The third-order valence-corrected chi connectivity index (χ3v) is 6.31. The highest BCUT2D eigenvalue weighted by Gasteiger charge is 2.40. The van der Waals surface area contributed by atoms with Crippen LogP contribution in [-0.2, 0) is 0 Å². The summed E-state index contributed by atoms with van der Waals surface area (Å²) >= 11 is 8.18. The number of hydrogen-bond acceptors (Lipinski definition) is 6. The number of fused-ring (bicyclic) bond motifs is 3. The van der Waals surface area contributed by atoms with Crippen molar-refractivity contribution in [2.75, 3.05) is 14.2 Å². The smallest absolute Gasteiger partial charge is 0.196 e. The van der Waals surface area contributed by atoms with Crippen LogP contribution in [0.25, 0.3) is 5.70 Å². The normalized spacial score (nSPS) is 20.2. The van der Waals surface area contributed by atoms with Gasteiger partial charge < -0.3 is 19.6 Å². The van der Waals surface area contributed by atoms with Gasteiger partial charge in [-0.2, -0.15) is 5.01 Å². The monoisotopic (exact) mass is 426 g/mol. The largest absolute Gasteiger partial charge is 0.493 e. The molecule has 0 fully saturated rings. The molecule has 1 N–H and O–H groups in total. The Morgan fingerprint density at radius 2 is 1.97 bits per heavy atom. The van der Waals surface area contributed by atoms with E-state index in [0.717, 1.165) is 22.6 Å². The van der Waals surface area contributed by atoms with Crippen LogP contribution in [0.5, 0.6) is 17.2 Å². The summed E-state index contributed by atoms with van der Waals surface area (Å²) in [6.45, 7) is 0. The zero-order valence-electron chi connectivity index (χ0n) is 15.9. The third kappa shape index (κ3) is 3.04. The Morgan fingerprint density at radius 3 is 2.72 bits per heavy atom. The minimum absolute atomic E-state index is 0.0360. The second kappa shape index (κ2) is 7.30. The third-order valence-electron chi connectivity index (χ3n) is 5.13. The van der Waals surface area contributed by atoms with Crippen molar-refractivity contribution >= 4 is 28.6 Å². The van der Waals surface area contributed by atoms with Crippen molar-refractivity contribution in [2.45, 2.75) is 12.3 Å². The first kappa shape index (κ1) is 18.4. The summed E-state index contributed by atoms with van der Waals surface area (Å²) in [7, 11) is 3.17. The van der Waals surface area contributed by atoms with Gasteiger partial charge in [-0.25, -0.2) is 0 Å². The van der Waals surface area contributed by atoms with Crippen molar-refractivity contribution in [3.63, 3.8) is 0 Å². The second-order valence-corrected chi connectivity index (χ2v) is 8.12. The Kier molecular flexibility index (Phi) is 4.62. The summed E-state index contributed by atoms with van der Waals surface area (Å²) in [6.07, 6.45) is 1.85. The minimum atomic E-state index is -0.388. The van der Waals surface area contributed by atoms with Crippen LogP contribution < -0.4 is 19.6 Å². The number of halogens is 1. The fourth-order valence-electron chi connectivity index (χ4n) is 3.82. The SMILES string of the molecule is COc1cc(C2Oc3ccccc3C3C=C(c4cccs4)NN32)cc(Cl)c1OC. The molecular weight excluding hydrogens is 408 g/mol. The highest BCUT2D eigenvalue weighted by Crippen LogP contribution is 2.48. The molecule has 5 nitrogen and oxygen atoms in total. The van der Waals surface area contributed by atoms with Crippen LogP contribution >= 0.6 is 22.9 Å². The standard InChI is InChI=1S/C22H19ClN2O3S/c1-26-19-11-13(10-15(23)21(19)27-2)22-25-17(14-6-3-4-7-18(14)28-22)12-16(24-25)20-8-5-9-29-20/h3-12,17,22,24H,1-2H3. The van der Waals surface area contributed by atoms with Gasteiger partial charge in [0.05, 0.1) is 35.9 Å². The Balaban J connectivity index is 1.60. The lowest BCUT2D eigenvalue weighted by Crippen LogP contribution is -2.43. The average Bonchev–Trinajstić information content (AvgIpc) is 3.42. The maximum Gasteiger partial charge on any atom is 0.196 e. The Labute approximate surface area is 178 Å². The number of thiophene rings is 1. The number of methoxy groups -OCH3 is 2. The van der Waals surface area contributed by atoms with E-state index in [9.17, 15) is 0 Å². The van der Waals surface area contributed by atoms with Crippen molar-refractivity contribution in [1.82, 2.24) is 10.4 Å². The zero-order valence-corrected chi connectivity index (χ0v) is 17.5. The van der Waals surface area contributed by atoms with Crippen LogP contribution in [0, 0.1) is 0 Å². The van der Waals surface area contributed by atoms with Gasteiger partial charge in [-0.1, -0.05) is 35.9 Å². The van der Waals surface area contributed by atoms with E-state index in [1.165, 1.54) is 4.88 Å². The molecule has 7 heteroatoms. The van der Waals surface area contributed by atoms with Crippen LogP contribution in [0.2, 0.25) is 5.02 Å². The second-order valence-electron chi connectivity index (χ2n) is 6.77. The molecule has 0 spiro atoms. The summed E-state index contributed by atoms with van der Waals surface area (Å²) in [4.78, 5) is 1.18. The summed E-state index contributed by atoms with van der Waals surface area (Å²) in [5, 5.41) is 4.66. The molecule has 0 aliphatic carbocycles. The molecule has 2 aliphatic heterocycles. The van der Waals surface area contributed by atoms with E-state index in [1.807, 2.05) is 30.3 Å². The van der Waals surface area contributed by atoms with E-state index in [1.54, 1.807) is 25.6 Å². The van der Waals surface area contributed by atoms with E-state index < -0.39 is 0 Å². The molecule has 2 aliphatic rings. The number of ether oxygens (including phenoxy) is 3. The summed E-state index contributed by atoms with van der Waals surface area (Å²) in [5.41, 5.74) is 6.60. The number of nitrogens with zero attached hydrogens (tertiary/aromatic N) is 1. The fraction of sp³-hybridized carbons (Fsp3) is 0.182. The molecule has 2 atom stereocenters. The van der Waals surface area contributed by atoms with Gasteiger partial charge in [0.2, 0.25) is 0 Å². The predicted octanol–water partition coefficient (Wildman–Crippen LogP) is 5.41. The molecule has 5 rings (SSSR count). The van der Waals surface area contributed by atoms with E-state index in [4.69, 9.17) is 25.8 Å². The lowest BCUT2D eigenvalue weighted by molar-refractivity contribution is -0.0327. The van der Waals surface area contributed by atoms with Crippen molar-refractivity contribution < 1.29 is 14.2 Å².